The molecule has 15 heteroatoms. The van der Waals surface area contributed by atoms with E-state index >= 15 is 0 Å². The second kappa shape index (κ2) is 11.3. The van der Waals surface area contributed by atoms with Crippen molar-refractivity contribution in [1.82, 2.24) is 34.5 Å². The normalized spacial score (nSPS) is 11.1. The number of amides is 1. The van der Waals surface area contributed by atoms with E-state index < -0.39 is 40.2 Å². The lowest BCUT2D eigenvalue weighted by Crippen LogP contribution is -2.27. The molecular formula is C30H22FN7O7. The van der Waals surface area contributed by atoms with Gasteiger partial charge in [-0.3, -0.25) is 24.6 Å². The van der Waals surface area contributed by atoms with Crippen molar-refractivity contribution in [1.29, 1.82) is 0 Å². The Bertz CT molecular complexity index is 2390. The van der Waals surface area contributed by atoms with Gasteiger partial charge >= 0.3 is 17.1 Å². The number of H-pyrrole nitrogens is 2. The number of fused-ring (bicyclic) bond motifs is 6. The standard InChI is InChI=1S/C18H13FN4O3.C12H9N3O4/c19-11-7-5-10(6-8-11)9-20-17(25)14-15(24)18(26)23-16(21-14)12-3-1-2-4-13(12)22-23;1-19-12(18)8-9(16)11(17)15-10(13-8)6-4-2-3-5-7(6)14-15/h1-8,22,24H,9H2,(H,20,25);2-5,14,16H,1H3. The summed E-state index contributed by atoms with van der Waals surface area (Å²) in [5.74, 6) is -3.42. The van der Waals surface area contributed by atoms with Gasteiger partial charge in [0.05, 0.1) is 18.1 Å². The van der Waals surface area contributed by atoms with Crippen molar-refractivity contribution in [3.63, 3.8) is 0 Å². The molecule has 5 N–H and O–H groups in total. The van der Waals surface area contributed by atoms with E-state index in [2.05, 4.69) is 30.2 Å². The van der Waals surface area contributed by atoms with Crippen molar-refractivity contribution >= 4 is 45.0 Å². The first-order chi connectivity index (χ1) is 21.7. The van der Waals surface area contributed by atoms with Crippen molar-refractivity contribution in [2.45, 2.75) is 6.54 Å². The van der Waals surface area contributed by atoms with Crippen LogP contribution >= 0.6 is 0 Å². The molecule has 3 aromatic carbocycles. The Labute approximate surface area is 249 Å². The lowest BCUT2D eigenvalue weighted by molar-refractivity contribution is 0.0590. The van der Waals surface area contributed by atoms with E-state index in [4.69, 9.17) is 0 Å². The highest BCUT2D eigenvalue weighted by atomic mass is 19.1. The Balaban J connectivity index is 0.000000167. The molecule has 0 saturated carbocycles. The number of carbonyl (C=O) groups excluding carboxylic acids is 2. The maximum atomic E-state index is 12.9. The van der Waals surface area contributed by atoms with E-state index in [0.29, 0.717) is 27.4 Å². The maximum absolute atomic E-state index is 12.9. The van der Waals surface area contributed by atoms with Gasteiger partial charge in [-0.1, -0.05) is 36.4 Å². The Kier molecular flexibility index (Phi) is 7.18. The zero-order chi connectivity index (χ0) is 31.8. The smallest absolute Gasteiger partial charge is 0.360 e. The summed E-state index contributed by atoms with van der Waals surface area (Å²) < 4.78 is 19.6. The van der Waals surface area contributed by atoms with Gasteiger partial charge in [0, 0.05) is 17.3 Å². The zero-order valence-electron chi connectivity index (χ0n) is 23.2. The van der Waals surface area contributed by atoms with Gasteiger partial charge in [0.25, 0.3) is 5.91 Å². The minimum absolute atomic E-state index is 0.105. The van der Waals surface area contributed by atoms with E-state index in [9.17, 15) is 33.8 Å². The SMILES string of the molecule is COC(=O)c1nc2c3ccccc3[nH]n2c(=O)c1O.O=C(NCc1ccc(F)cc1)c1nc2c3ccccc3[nH]n2c(=O)c1O. The number of esters is 1. The molecule has 0 atom stereocenters. The van der Waals surface area contributed by atoms with Crippen LogP contribution in [0.25, 0.3) is 33.1 Å². The average molecular weight is 612 g/mol. The number of aromatic nitrogens is 6. The molecule has 0 aliphatic heterocycles. The van der Waals surface area contributed by atoms with Crippen LogP contribution < -0.4 is 16.4 Å². The third-order valence-electron chi connectivity index (χ3n) is 6.88. The number of ether oxygens (including phenoxy) is 1. The molecule has 45 heavy (non-hydrogen) atoms. The van der Waals surface area contributed by atoms with Gasteiger partial charge in [0.2, 0.25) is 11.5 Å². The number of para-hydroxylation sites is 2. The van der Waals surface area contributed by atoms with Gasteiger partial charge in [0.15, 0.2) is 22.7 Å². The summed E-state index contributed by atoms with van der Waals surface area (Å²) in [6, 6.07) is 19.8. The number of nitrogens with zero attached hydrogens (tertiary/aromatic N) is 4. The molecule has 0 aliphatic carbocycles. The molecule has 0 bridgehead atoms. The number of rotatable bonds is 4. The van der Waals surface area contributed by atoms with Crippen molar-refractivity contribution in [2.24, 2.45) is 0 Å². The summed E-state index contributed by atoms with van der Waals surface area (Å²) in [6.07, 6.45) is 0. The second-order valence-electron chi connectivity index (χ2n) is 9.66. The molecule has 226 valence electrons. The van der Waals surface area contributed by atoms with Crippen molar-refractivity contribution < 1.29 is 28.9 Å². The highest BCUT2D eigenvalue weighted by molar-refractivity contribution is 5.98. The lowest BCUT2D eigenvalue weighted by Gasteiger charge is -2.06. The molecule has 4 aromatic heterocycles. The first kappa shape index (κ1) is 28.6. The van der Waals surface area contributed by atoms with E-state index in [0.717, 1.165) is 16.1 Å². The number of hydrogen-bond acceptors (Lipinski definition) is 9. The number of carbonyl (C=O) groups is 2. The summed E-state index contributed by atoms with van der Waals surface area (Å²) >= 11 is 0. The van der Waals surface area contributed by atoms with Crippen LogP contribution in [0.3, 0.4) is 0 Å². The quantitative estimate of drug-likeness (QED) is 0.186. The van der Waals surface area contributed by atoms with Crippen molar-refractivity contribution in [2.75, 3.05) is 7.11 Å². The Morgan fingerprint density at radius 2 is 1.29 bits per heavy atom. The Morgan fingerprint density at radius 1 is 0.800 bits per heavy atom. The number of aromatic amines is 2. The highest BCUT2D eigenvalue weighted by Crippen LogP contribution is 2.21. The average Bonchev–Trinajstić information content (AvgIpc) is 3.63. The van der Waals surface area contributed by atoms with E-state index in [1.165, 1.54) is 24.3 Å². The first-order valence-electron chi connectivity index (χ1n) is 13.2. The summed E-state index contributed by atoms with van der Waals surface area (Å²) in [6.45, 7) is 0.105. The maximum Gasteiger partial charge on any atom is 0.360 e. The fourth-order valence-electron chi connectivity index (χ4n) is 4.65. The fraction of sp³-hybridized carbons (Fsp3) is 0.0667. The molecule has 0 spiro atoms. The van der Waals surface area contributed by atoms with Crippen LogP contribution in [0.5, 0.6) is 11.5 Å². The molecular weight excluding hydrogens is 589 g/mol. The molecule has 0 fully saturated rings. The monoisotopic (exact) mass is 611 g/mol. The van der Waals surface area contributed by atoms with E-state index in [1.54, 1.807) is 48.5 Å². The Morgan fingerprint density at radius 3 is 1.82 bits per heavy atom. The molecule has 0 aliphatic rings. The summed E-state index contributed by atoms with van der Waals surface area (Å²) in [5, 5.41) is 29.3. The van der Waals surface area contributed by atoms with Gasteiger partial charge in [-0.2, -0.15) is 9.03 Å². The molecule has 14 nitrogen and oxygen atoms in total. The summed E-state index contributed by atoms with van der Waals surface area (Å²) in [4.78, 5) is 56.4. The molecule has 4 heterocycles. The number of benzene rings is 3. The van der Waals surface area contributed by atoms with Gasteiger partial charge in [-0.15, -0.1) is 0 Å². The summed E-state index contributed by atoms with van der Waals surface area (Å²) in [5.41, 5.74) is 0.242. The van der Waals surface area contributed by atoms with Crippen LogP contribution in [-0.4, -0.2) is 58.4 Å². The number of hydrogen-bond donors (Lipinski definition) is 5. The fourth-order valence-corrected chi connectivity index (χ4v) is 4.65. The molecule has 7 aromatic rings. The topological polar surface area (TPSA) is 196 Å². The van der Waals surface area contributed by atoms with Crippen LogP contribution in [0.1, 0.15) is 26.5 Å². The predicted molar refractivity (Wildman–Crippen MR) is 159 cm³/mol. The lowest BCUT2D eigenvalue weighted by atomic mass is 10.2. The van der Waals surface area contributed by atoms with Crippen LogP contribution in [0, 0.1) is 5.82 Å². The Hall–Kier alpha value is -6.51. The second-order valence-corrected chi connectivity index (χ2v) is 9.66. The molecule has 0 radical (unpaired) electrons. The van der Waals surface area contributed by atoms with E-state index in [-0.39, 0.29) is 29.4 Å². The van der Waals surface area contributed by atoms with Crippen LogP contribution in [0.15, 0.2) is 82.4 Å². The zero-order valence-corrected chi connectivity index (χ0v) is 23.2. The van der Waals surface area contributed by atoms with Gasteiger partial charge in [-0.05, 0) is 42.0 Å². The van der Waals surface area contributed by atoms with Crippen LogP contribution in [0.4, 0.5) is 4.39 Å². The largest absolute Gasteiger partial charge is 0.501 e. The van der Waals surface area contributed by atoms with Gasteiger partial charge < -0.3 is 20.3 Å². The summed E-state index contributed by atoms with van der Waals surface area (Å²) in [7, 11) is 1.15. The minimum atomic E-state index is -0.859. The third-order valence-corrected chi connectivity index (χ3v) is 6.88. The number of aromatic hydroxyl groups is 2. The first-order valence-corrected chi connectivity index (χ1v) is 13.2. The van der Waals surface area contributed by atoms with Crippen LogP contribution in [-0.2, 0) is 11.3 Å². The number of methoxy groups -OCH3 is 1. The minimum Gasteiger partial charge on any atom is -0.501 e. The van der Waals surface area contributed by atoms with Gasteiger partial charge in [-0.25, -0.2) is 19.2 Å². The van der Waals surface area contributed by atoms with Crippen molar-refractivity contribution in [3.8, 4) is 11.5 Å². The van der Waals surface area contributed by atoms with Crippen LogP contribution in [0.2, 0.25) is 0 Å². The van der Waals surface area contributed by atoms with Crippen molar-refractivity contribution in [3.05, 3.63) is 116 Å². The number of halogens is 1. The predicted octanol–water partition coefficient (Wildman–Crippen LogP) is 2.62. The molecule has 7 rings (SSSR count). The third kappa shape index (κ3) is 5.07. The highest BCUT2D eigenvalue weighted by Gasteiger charge is 2.22. The number of nitrogens with one attached hydrogen (secondary N) is 3. The van der Waals surface area contributed by atoms with E-state index in [1.807, 2.05) is 0 Å². The van der Waals surface area contributed by atoms with Gasteiger partial charge in [0.1, 0.15) is 5.82 Å². The molecule has 0 saturated heterocycles. The molecule has 1 amide bonds. The molecule has 0 unspecified atom stereocenters.